The molecule has 0 aliphatic heterocycles. The van der Waals surface area contributed by atoms with E-state index in [0.717, 1.165) is 21.9 Å². The molecule has 2 amide bonds. The van der Waals surface area contributed by atoms with Gasteiger partial charge in [-0.3, -0.25) is 13.9 Å². The van der Waals surface area contributed by atoms with E-state index in [1.54, 1.807) is 31.2 Å². The van der Waals surface area contributed by atoms with Crippen molar-refractivity contribution in [1.29, 1.82) is 0 Å². The van der Waals surface area contributed by atoms with E-state index in [2.05, 4.69) is 5.32 Å². The fraction of sp³-hybridized carbons (Fsp3) is 0.310. The van der Waals surface area contributed by atoms with Crippen LogP contribution in [0.25, 0.3) is 0 Å². The first-order chi connectivity index (χ1) is 18.6. The van der Waals surface area contributed by atoms with Crippen LogP contribution in [-0.2, 0) is 26.2 Å². The van der Waals surface area contributed by atoms with Gasteiger partial charge in [-0.15, -0.1) is 0 Å². The van der Waals surface area contributed by atoms with Crippen molar-refractivity contribution in [2.75, 3.05) is 24.5 Å². The van der Waals surface area contributed by atoms with E-state index in [9.17, 15) is 18.0 Å². The second-order valence-electron chi connectivity index (χ2n) is 9.06. The monoisotopic (exact) mass is 571 g/mol. The van der Waals surface area contributed by atoms with Crippen molar-refractivity contribution >= 4 is 39.1 Å². The minimum absolute atomic E-state index is 0.0175. The lowest BCUT2D eigenvalue weighted by molar-refractivity contribution is -0.139. The van der Waals surface area contributed by atoms with Gasteiger partial charge in [0.15, 0.2) is 0 Å². The van der Waals surface area contributed by atoms with Crippen molar-refractivity contribution in [3.63, 3.8) is 0 Å². The van der Waals surface area contributed by atoms with Crippen molar-refractivity contribution in [3.05, 3.63) is 88.9 Å². The number of ether oxygens (including phenoxy) is 1. The van der Waals surface area contributed by atoms with Gasteiger partial charge in [0.25, 0.3) is 10.0 Å². The molecule has 0 unspecified atom stereocenters. The summed E-state index contributed by atoms with van der Waals surface area (Å²) in [5.74, 6) is -0.487. The average Bonchev–Trinajstić information content (AvgIpc) is 2.94. The van der Waals surface area contributed by atoms with Crippen LogP contribution in [0.1, 0.15) is 31.4 Å². The maximum atomic E-state index is 13.9. The highest BCUT2D eigenvalue weighted by atomic mass is 35.5. The van der Waals surface area contributed by atoms with Gasteiger partial charge in [0.2, 0.25) is 11.8 Å². The van der Waals surface area contributed by atoms with E-state index in [0.29, 0.717) is 12.3 Å². The summed E-state index contributed by atoms with van der Waals surface area (Å²) < 4.78 is 33.9. The Balaban J connectivity index is 2.05. The number of carbonyl (C=O) groups is 2. The van der Waals surface area contributed by atoms with E-state index >= 15 is 0 Å². The highest BCUT2D eigenvalue weighted by Crippen LogP contribution is 2.32. The first-order valence-corrected chi connectivity index (χ1v) is 14.4. The number of sulfonamides is 1. The van der Waals surface area contributed by atoms with Gasteiger partial charge in [-0.1, -0.05) is 61.0 Å². The molecule has 0 aliphatic rings. The number of anilines is 1. The van der Waals surface area contributed by atoms with Crippen LogP contribution < -0.4 is 14.4 Å². The molecule has 10 heteroatoms. The molecule has 3 aromatic carbocycles. The number of halogens is 1. The summed E-state index contributed by atoms with van der Waals surface area (Å²) in [4.78, 5) is 28.3. The topological polar surface area (TPSA) is 96.0 Å². The van der Waals surface area contributed by atoms with Gasteiger partial charge in [-0.2, -0.15) is 0 Å². The smallest absolute Gasteiger partial charge is 0.264 e. The van der Waals surface area contributed by atoms with Gasteiger partial charge in [0.1, 0.15) is 18.3 Å². The van der Waals surface area contributed by atoms with E-state index < -0.39 is 28.5 Å². The van der Waals surface area contributed by atoms with Crippen molar-refractivity contribution in [1.82, 2.24) is 10.2 Å². The Hall–Kier alpha value is -3.56. The standard InChI is InChI=1S/C29H34ClN3O5S/c1-5-17-31-29(35)22(3)32(19-23-12-10-9-11-21(23)2)28(34)20-33(24-15-16-27(38-4)26(30)18-24)39(36,37)25-13-7-6-8-14-25/h6-16,18,22H,5,17,19-20H2,1-4H3,(H,31,35)/t22-/m0/s1. The number of nitrogens with zero attached hydrogens (tertiary/aromatic N) is 2. The molecule has 1 atom stereocenters. The summed E-state index contributed by atoms with van der Waals surface area (Å²) in [6.07, 6.45) is 0.742. The highest BCUT2D eigenvalue weighted by Gasteiger charge is 2.32. The zero-order valence-corrected chi connectivity index (χ0v) is 24.1. The molecule has 0 heterocycles. The molecule has 0 fully saturated rings. The minimum atomic E-state index is -4.17. The van der Waals surface area contributed by atoms with E-state index in [1.165, 1.54) is 36.3 Å². The molecule has 0 aromatic heterocycles. The molecule has 0 aliphatic carbocycles. The van der Waals surface area contributed by atoms with Gasteiger partial charge >= 0.3 is 0 Å². The van der Waals surface area contributed by atoms with Gasteiger partial charge in [0, 0.05) is 13.1 Å². The zero-order chi connectivity index (χ0) is 28.6. The fourth-order valence-electron chi connectivity index (χ4n) is 4.01. The van der Waals surface area contributed by atoms with Crippen LogP contribution in [0.3, 0.4) is 0 Å². The third kappa shape index (κ3) is 7.30. The lowest BCUT2D eigenvalue weighted by atomic mass is 10.1. The van der Waals surface area contributed by atoms with E-state index in [1.807, 2.05) is 38.1 Å². The number of rotatable bonds is 12. The summed E-state index contributed by atoms with van der Waals surface area (Å²) in [5, 5.41) is 3.03. The van der Waals surface area contributed by atoms with Crippen molar-refractivity contribution in [3.8, 4) is 5.75 Å². The van der Waals surface area contributed by atoms with Crippen LogP contribution in [0.15, 0.2) is 77.7 Å². The number of benzene rings is 3. The van der Waals surface area contributed by atoms with Gasteiger partial charge in [0.05, 0.1) is 22.7 Å². The number of nitrogens with one attached hydrogen (secondary N) is 1. The lowest BCUT2D eigenvalue weighted by Gasteiger charge is -2.32. The SMILES string of the molecule is CCCNC(=O)[C@H](C)N(Cc1ccccc1C)C(=O)CN(c1ccc(OC)c(Cl)c1)S(=O)(=O)c1ccccc1. The number of hydrogen-bond donors (Lipinski definition) is 1. The average molecular weight is 572 g/mol. The molecule has 0 radical (unpaired) electrons. The summed E-state index contributed by atoms with van der Waals surface area (Å²) >= 11 is 6.34. The predicted molar refractivity (Wildman–Crippen MR) is 153 cm³/mol. The van der Waals surface area contributed by atoms with Crippen LogP contribution in [0.5, 0.6) is 5.75 Å². The van der Waals surface area contributed by atoms with E-state index in [4.69, 9.17) is 16.3 Å². The van der Waals surface area contributed by atoms with Gasteiger partial charge in [-0.25, -0.2) is 8.42 Å². The molecule has 0 saturated heterocycles. The van der Waals surface area contributed by atoms with Crippen LogP contribution in [0.2, 0.25) is 5.02 Å². The second-order valence-corrected chi connectivity index (χ2v) is 11.3. The largest absolute Gasteiger partial charge is 0.495 e. The molecule has 1 N–H and O–H groups in total. The summed E-state index contributed by atoms with van der Waals surface area (Å²) in [5.41, 5.74) is 2.00. The summed E-state index contributed by atoms with van der Waals surface area (Å²) in [6, 6.07) is 19.1. The van der Waals surface area contributed by atoms with Crippen molar-refractivity contribution < 1.29 is 22.7 Å². The molecule has 0 bridgehead atoms. The third-order valence-electron chi connectivity index (χ3n) is 6.35. The van der Waals surface area contributed by atoms with Crippen LogP contribution >= 0.6 is 11.6 Å². The third-order valence-corrected chi connectivity index (χ3v) is 8.44. The Labute approximate surface area is 235 Å². The first-order valence-electron chi connectivity index (χ1n) is 12.6. The summed E-state index contributed by atoms with van der Waals surface area (Å²) in [6.45, 7) is 5.56. The fourth-order valence-corrected chi connectivity index (χ4v) is 5.69. The number of aryl methyl sites for hydroxylation is 1. The van der Waals surface area contributed by atoms with Crippen molar-refractivity contribution in [2.24, 2.45) is 0 Å². The lowest BCUT2D eigenvalue weighted by Crippen LogP contribution is -2.51. The predicted octanol–water partition coefficient (Wildman–Crippen LogP) is 4.80. The zero-order valence-electron chi connectivity index (χ0n) is 22.6. The molecule has 208 valence electrons. The first kappa shape index (κ1) is 30.0. The minimum Gasteiger partial charge on any atom is -0.495 e. The number of methoxy groups -OCH3 is 1. The Morgan fingerprint density at radius 2 is 1.69 bits per heavy atom. The molecule has 39 heavy (non-hydrogen) atoms. The number of hydrogen-bond acceptors (Lipinski definition) is 5. The normalized spacial score (nSPS) is 11.9. The Morgan fingerprint density at radius 3 is 2.31 bits per heavy atom. The maximum absolute atomic E-state index is 13.9. The van der Waals surface area contributed by atoms with Crippen LogP contribution in [0, 0.1) is 6.92 Å². The molecule has 8 nitrogen and oxygen atoms in total. The highest BCUT2D eigenvalue weighted by molar-refractivity contribution is 7.92. The van der Waals surface area contributed by atoms with Crippen molar-refractivity contribution in [2.45, 2.75) is 44.7 Å². The summed E-state index contributed by atoms with van der Waals surface area (Å²) in [7, 11) is -2.72. The molecule has 3 aromatic rings. The Morgan fingerprint density at radius 1 is 1.03 bits per heavy atom. The number of carbonyl (C=O) groups excluding carboxylic acids is 2. The number of amides is 2. The molecule has 3 rings (SSSR count). The van der Waals surface area contributed by atoms with Crippen LogP contribution in [0.4, 0.5) is 5.69 Å². The van der Waals surface area contributed by atoms with E-state index in [-0.39, 0.29) is 28.1 Å². The quantitative estimate of drug-likeness (QED) is 0.337. The van der Waals surface area contributed by atoms with Gasteiger partial charge < -0.3 is 15.0 Å². The van der Waals surface area contributed by atoms with Crippen LogP contribution in [-0.4, -0.2) is 51.4 Å². The van der Waals surface area contributed by atoms with Gasteiger partial charge in [-0.05, 0) is 61.7 Å². The Kier molecular flexibility index (Phi) is 10.4. The molecule has 0 saturated carbocycles. The molecular weight excluding hydrogens is 538 g/mol. The second kappa shape index (κ2) is 13.5. The Bertz CT molecular complexity index is 1400. The molecule has 0 spiro atoms. The molecular formula is C29H34ClN3O5S. The maximum Gasteiger partial charge on any atom is 0.264 e.